The lowest BCUT2D eigenvalue weighted by Gasteiger charge is -2.45. The summed E-state index contributed by atoms with van der Waals surface area (Å²) in [5, 5.41) is -0.447. The number of hydrogen-bond donors (Lipinski definition) is 0. The Balaban J connectivity index is 1.95. The Labute approximate surface area is 182 Å². The summed E-state index contributed by atoms with van der Waals surface area (Å²) >= 11 is 0.868. The fourth-order valence-corrected chi connectivity index (χ4v) is 5.11. The molecule has 2 amide bonds. The monoisotopic (exact) mass is 430 g/mol. The van der Waals surface area contributed by atoms with E-state index in [-0.39, 0.29) is 12.1 Å². The molecule has 0 spiro atoms. The summed E-state index contributed by atoms with van der Waals surface area (Å²) in [5.74, 6) is -0.641. The standard InChI is InChI=1S/C23H30N2O4S/c1-8-29-21(27)15(4)25-20(26)19(30-22(25)28)11-16-10-17-14(3)12-23(5,6)24(7)18(17)9-13(16)2/h9-11,14-15H,8,12H2,1-7H3/b19-11+/t14-,15-/m1/s1. The molecule has 0 radical (unpaired) electrons. The van der Waals surface area contributed by atoms with Crippen LogP contribution in [0.2, 0.25) is 0 Å². The van der Waals surface area contributed by atoms with E-state index < -0.39 is 23.2 Å². The second-order valence-electron chi connectivity index (χ2n) is 8.72. The minimum Gasteiger partial charge on any atom is -0.464 e. The van der Waals surface area contributed by atoms with Crippen LogP contribution in [-0.2, 0) is 14.3 Å². The second kappa shape index (κ2) is 8.10. The van der Waals surface area contributed by atoms with Crippen molar-refractivity contribution in [3.8, 4) is 0 Å². The van der Waals surface area contributed by atoms with Crippen LogP contribution in [0.4, 0.5) is 10.5 Å². The molecular formula is C23H30N2O4S. The van der Waals surface area contributed by atoms with E-state index >= 15 is 0 Å². The van der Waals surface area contributed by atoms with Crippen LogP contribution in [0.1, 0.15) is 63.6 Å². The highest BCUT2D eigenvalue weighted by atomic mass is 32.2. The number of benzene rings is 1. The van der Waals surface area contributed by atoms with Gasteiger partial charge in [-0.25, -0.2) is 4.79 Å². The van der Waals surface area contributed by atoms with E-state index in [1.54, 1.807) is 13.0 Å². The summed E-state index contributed by atoms with van der Waals surface area (Å²) in [7, 11) is 2.12. The van der Waals surface area contributed by atoms with Crippen molar-refractivity contribution in [2.75, 3.05) is 18.6 Å². The van der Waals surface area contributed by atoms with Gasteiger partial charge in [0.15, 0.2) is 0 Å². The van der Waals surface area contributed by atoms with Gasteiger partial charge in [-0.1, -0.05) is 6.92 Å². The summed E-state index contributed by atoms with van der Waals surface area (Å²) in [6.45, 7) is 12.1. The zero-order chi connectivity index (χ0) is 22.4. The number of fused-ring (bicyclic) bond motifs is 1. The molecule has 2 atom stereocenters. The number of ether oxygens (including phenoxy) is 1. The third kappa shape index (κ3) is 3.87. The van der Waals surface area contributed by atoms with Crippen molar-refractivity contribution in [2.45, 2.75) is 65.5 Å². The highest BCUT2D eigenvalue weighted by Gasteiger charge is 2.41. The van der Waals surface area contributed by atoms with Crippen molar-refractivity contribution in [1.29, 1.82) is 0 Å². The van der Waals surface area contributed by atoms with Gasteiger partial charge in [0, 0.05) is 18.3 Å². The molecular weight excluding hydrogens is 400 g/mol. The molecule has 0 bridgehead atoms. The molecule has 2 heterocycles. The van der Waals surface area contributed by atoms with Gasteiger partial charge in [-0.15, -0.1) is 0 Å². The van der Waals surface area contributed by atoms with Crippen LogP contribution in [0.3, 0.4) is 0 Å². The van der Waals surface area contributed by atoms with E-state index in [1.807, 2.05) is 6.92 Å². The molecule has 1 aromatic rings. The first kappa shape index (κ1) is 22.4. The van der Waals surface area contributed by atoms with Crippen LogP contribution in [0.15, 0.2) is 17.0 Å². The molecule has 2 aliphatic rings. The lowest BCUT2D eigenvalue weighted by molar-refractivity contribution is -0.150. The molecule has 1 aromatic carbocycles. The predicted molar refractivity (Wildman–Crippen MR) is 121 cm³/mol. The quantitative estimate of drug-likeness (QED) is 0.509. The number of thioether (sulfide) groups is 1. The van der Waals surface area contributed by atoms with Gasteiger partial charge < -0.3 is 9.64 Å². The van der Waals surface area contributed by atoms with Crippen molar-refractivity contribution in [2.24, 2.45) is 0 Å². The fourth-order valence-electron chi connectivity index (χ4n) is 4.21. The van der Waals surface area contributed by atoms with Crippen LogP contribution in [0.25, 0.3) is 6.08 Å². The van der Waals surface area contributed by atoms with Gasteiger partial charge >= 0.3 is 5.97 Å². The number of carbonyl (C=O) groups excluding carboxylic acids is 3. The second-order valence-corrected chi connectivity index (χ2v) is 9.72. The number of hydrogen-bond acceptors (Lipinski definition) is 6. The third-order valence-corrected chi connectivity index (χ3v) is 7.03. The third-order valence-electron chi connectivity index (χ3n) is 6.15. The van der Waals surface area contributed by atoms with Crippen molar-refractivity contribution >= 4 is 40.6 Å². The number of aryl methyl sites for hydroxylation is 1. The average Bonchev–Trinajstić information content (AvgIpc) is 2.93. The van der Waals surface area contributed by atoms with Crippen LogP contribution in [0, 0.1) is 6.92 Å². The first-order chi connectivity index (χ1) is 14.0. The molecule has 0 aliphatic carbocycles. The Kier molecular flexibility index (Phi) is 6.05. The Bertz CT molecular complexity index is 937. The topological polar surface area (TPSA) is 66.9 Å². The molecule has 30 heavy (non-hydrogen) atoms. The van der Waals surface area contributed by atoms with Gasteiger partial charge in [0.25, 0.3) is 11.1 Å². The molecule has 0 aromatic heterocycles. The van der Waals surface area contributed by atoms with Crippen molar-refractivity contribution in [3.05, 3.63) is 33.7 Å². The van der Waals surface area contributed by atoms with Crippen molar-refractivity contribution in [3.63, 3.8) is 0 Å². The Hall–Kier alpha value is -2.28. The Morgan fingerprint density at radius 1 is 1.37 bits per heavy atom. The van der Waals surface area contributed by atoms with Gasteiger partial charge in [-0.05, 0) is 93.6 Å². The predicted octanol–water partition coefficient (Wildman–Crippen LogP) is 4.70. The number of rotatable bonds is 4. The molecule has 2 aliphatic heterocycles. The zero-order valence-electron chi connectivity index (χ0n) is 18.7. The van der Waals surface area contributed by atoms with E-state index in [0.29, 0.717) is 10.8 Å². The minimum atomic E-state index is -0.941. The molecule has 6 nitrogen and oxygen atoms in total. The van der Waals surface area contributed by atoms with E-state index in [9.17, 15) is 14.4 Å². The summed E-state index contributed by atoms with van der Waals surface area (Å²) in [4.78, 5) is 41.0. The summed E-state index contributed by atoms with van der Waals surface area (Å²) in [5.41, 5.74) is 4.48. The number of carbonyl (C=O) groups is 3. The van der Waals surface area contributed by atoms with Gasteiger partial charge in [-0.3, -0.25) is 14.5 Å². The average molecular weight is 431 g/mol. The molecule has 0 unspecified atom stereocenters. The van der Waals surface area contributed by atoms with Crippen LogP contribution >= 0.6 is 11.8 Å². The first-order valence-electron chi connectivity index (χ1n) is 10.3. The maximum absolute atomic E-state index is 12.9. The summed E-state index contributed by atoms with van der Waals surface area (Å²) in [6, 6.07) is 3.34. The molecule has 0 saturated carbocycles. The van der Waals surface area contributed by atoms with E-state index in [2.05, 4.69) is 44.9 Å². The first-order valence-corrected chi connectivity index (χ1v) is 11.1. The molecule has 1 saturated heterocycles. The fraction of sp³-hybridized carbons (Fsp3) is 0.522. The number of amides is 2. The molecule has 7 heteroatoms. The van der Waals surface area contributed by atoms with Gasteiger partial charge in [0.1, 0.15) is 6.04 Å². The largest absolute Gasteiger partial charge is 0.464 e. The van der Waals surface area contributed by atoms with E-state index in [4.69, 9.17) is 4.74 Å². The lowest BCUT2D eigenvalue weighted by Crippen LogP contribution is -2.45. The minimum absolute atomic E-state index is 0.0757. The van der Waals surface area contributed by atoms with E-state index in [1.165, 1.54) is 18.2 Å². The molecule has 162 valence electrons. The molecule has 1 fully saturated rings. The molecule has 0 N–H and O–H groups in total. The van der Waals surface area contributed by atoms with Crippen molar-refractivity contribution < 1.29 is 19.1 Å². The summed E-state index contributed by atoms with van der Waals surface area (Å²) in [6.07, 6.45) is 2.80. The maximum Gasteiger partial charge on any atom is 0.329 e. The van der Waals surface area contributed by atoms with Gasteiger partial charge in [-0.2, -0.15) is 0 Å². The maximum atomic E-state index is 12.9. The number of nitrogens with zero attached hydrogens (tertiary/aromatic N) is 2. The lowest BCUT2D eigenvalue weighted by atomic mass is 9.79. The van der Waals surface area contributed by atoms with Crippen LogP contribution in [-0.4, -0.2) is 47.3 Å². The number of imide groups is 1. The number of anilines is 1. The van der Waals surface area contributed by atoms with E-state index in [0.717, 1.165) is 34.2 Å². The van der Waals surface area contributed by atoms with Gasteiger partial charge in [0.05, 0.1) is 11.5 Å². The summed E-state index contributed by atoms with van der Waals surface area (Å²) < 4.78 is 4.97. The SMILES string of the molecule is CCOC(=O)[C@@H](C)N1C(=O)S/C(=C/c2cc3c(cc2C)N(C)C(C)(C)C[C@H]3C)C1=O. The Morgan fingerprint density at radius 3 is 2.67 bits per heavy atom. The van der Waals surface area contributed by atoms with Crippen LogP contribution < -0.4 is 4.90 Å². The van der Waals surface area contributed by atoms with Crippen LogP contribution in [0.5, 0.6) is 0 Å². The van der Waals surface area contributed by atoms with Crippen molar-refractivity contribution in [1.82, 2.24) is 4.90 Å². The Morgan fingerprint density at radius 2 is 2.03 bits per heavy atom. The van der Waals surface area contributed by atoms with Gasteiger partial charge in [0.2, 0.25) is 0 Å². The molecule has 3 rings (SSSR count). The normalized spacial score (nSPS) is 23.0. The highest BCUT2D eigenvalue weighted by Crippen LogP contribution is 2.44. The number of esters is 1. The zero-order valence-corrected chi connectivity index (χ0v) is 19.6. The smallest absolute Gasteiger partial charge is 0.329 e. The highest BCUT2D eigenvalue weighted by molar-refractivity contribution is 8.18.